The third-order valence-electron chi connectivity index (χ3n) is 2.79. The van der Waals surface area contributed by atoms with Crippen molar-refractivity contribution in [3.63, 3.8) is 0 Å². The Balaban J connectivity index is 2.34. The highest BCUT2D eigenvalue weighted by atomic mass is 32.1. The van der Waals surface area contributed by atoms with Gasteiger partial charge in [-0.2, -0.15) is 12.6 Å². The minimum atomic E-state index is -0.191. The van der Waals surface area contributed by atoms with E-state index in [2.05, 4.69) is 12.6 Å². The Morgan fingerprint density at radius 3 is 2.88 bits per heavy atom. The first-order valence-corrected chi connectivity index (χ1v) is 6.09. The summed E-state index contributed by atoms with van der Waals surface area (Å²) in [5.41, 5.74) is 8.09. The van der Waals surface area contributed by atoms with E-state index in [0.717, 1.165) is 11.1 Å². The molecule has 2 N–H and O–H groups in total. The summed E-state index contributed by atoms with van der Waals surface area (Å²) >= 11 is 4.01. The average Bonchev–Trinajstić information content (AvgIpc) is 2.64. The molecule has 0 bridgehead atoms. The SMILES string of the molecule is NCc1ccc2c(c1)CC(=O)N2C(=O)CCS. The van der Waals surface area contributed by atoms with Crippen molar-refractivity contribution in [3.05, 3.63) is 29.3 Å². The van der Waals surface area contributed by atoms with Crippen molar-refractivity contribution in [2.75, 3.05) is 10.7 Å². The molecule has 2 amide bonds. The van der Waals surface area contributed by atoms with Gasteiger partial charge in [0.15, 0.2) is 0 Å². The van der Waals surface area contributed by atoms with E-state index in [1.807, 2.05) is 12.1 Å². The maximum Gasteiger partial charge on any atom is 0.238 e. The molecule has 5 heteroatoms. The van der Waals surface area contributed by atoms with Crippen LogP contribution in [0.1, 0.15) is 17.5 Å². The Labute approximate surface area is 105 Å². The molecule has 1 heterocycles. The molecule has 1 aliphatic heterocycles. The van der Waals surface area contributed by atoms with Gasteiger partial charge in [0.05, 0.1) is 12.1 Å². The smallest absolute Gasteiger partial charge is 0.238 e. The van der Waals surface area contributed by atoms with Crippen molar-refractivity contribution in [1.29, 1.82) is 0 Å². The van der Waals surface area contributed by atoms with Gasteiger partial charge in [0.2, 0.25) is 11.8 Å². The van der Waals surface area contributed by atoms with Crippen molar-refractivity contribution in [2.45, 2.75) is 19.4 Å². The van der Waals surface area contributed by atoms with E-state index in [1.54, 1.807) is 6.07 Å². The lowest BCUT2D eigenvalue weighted by Crippen LogP contribution is -2.33. The maximum absolute atomic E-state index is 11.8. The summed E-state index contributed by atoms with van der Waals surface area (Å²) in [6.07, 6.45) is 0.550. The summed E-state index contributed by atoms with van der Waals surface area (Å²) in [7, 11) is 0. The molecule has 17 heavy (non-hydrogen) atoms. The van der Waals surface area contributed by atoms with Crippen LogP contribution in [-0.4, -0.2) is 17.6 Å². The highest BCUT2D eigenvalue weighted by molar-refractivity contribution is 7.80. The summed E-state index contributed by atoms with van der Waals surface area (Å²) in [5, 5.41) is 0. The number of hydrogen-bond donors (Lipinski definition) is 2. The Kier molecular flexibility index (Phi) is 3.49. The Hall–Kier alpha value is -1.33. The first-order valence-electron chi connectivity index (χ1n) is 5.46. The van der Waals surface area contributed by atoms with E-state index in [4.69, 9.17) is 5.73 Å². The van der Waals surface area contributed by atoms with Gasteiger partial charge in [-0.1, -0.05) is 12.1 Å². The van der Waals surface area contributed by atoms with Crippen molar-refractivity contribution in [1.82, 2.24) is 0 Å². The Morgan fingerprint density at radius 1 is 1.47 bits per heavy atom. The van der Waals surface area contributed by atoms with Gasteiger partial charge in [-0.05, 0) is 22.9 Å². The number of thiol groups is 1. The van der Waals surface area contributed by atoms with Crippen molar-refractivity contribution in [2.24, 2.45) is 5.73 Å². The second kappa shape index (κ2) is 4.89. The molecule has 1 aliphatic rings. The monoisotopic (exact) mass is 250 g/mol. The van der Waals surface area contributed by atoms with Crippen LogP contribution in [0.25, 0.3) is 0 Å². The van der Waals surface area contributed by atoms with Crippen LogP contribution in [0.5, 0.6) is 0 Å². The lowest BCUT2D eigenvalue weighted by atomic mass is 10.1. The lowest BCUT2D eigenvalue weighted by Gasteiger charge is -2.15. The maximum atomic E-state index is 11.8. The summed E-state index contributed by atoms with van der Waals surface area (Å²) in [5.74, 6) is 0.0870. The zero-order valence-corrected chi connectivity index (χ0v) is 10.2. The normalized spacial score (nSPS) is 14.0. The molecule has 1 aromatic carbocycles. The topological polar surface area (TPSA) is 63.4 Å². The molecule has 0 saturated carbocycles. The van der Waals surface area contributed by atoms with Crippen molar-refractivity contribution < 1.29 is 9.59 Å². The largest absolute Gasteiger partial charge is 0.326 e. The number of anilines is 1. The highest BCUT2D eigenvalue weighted by Gasteiger charge is 2.31. The fourth-order valence-electron chi connectivity index (χ4n) is 1.98. The summed E-state index contributed by atoms with van der Waals surface area (Å²) < 4.78 is 0. The number of carbonyl (C=O) groups is 2. The van der Waals surface area contributed by atoms with Gasteiger partial charge < -0.3 is 5.73 Å². The Morgan fingerprint density at radius 2 is 2.24 bits per heavy atom. The molecule has 4 nitrogen and oxygen atoms in total. The quantitative estimate of drug-likeness (QED) is 0.783. The molecular formula is C12H14N2O2S. The van der Waals surface area contributed by atoms with Crippen LogP contribution < -0.4 is 10.6 Å². The number of benzene rings is 1. The lowest BCUT2D eigenvalue weighted by molar-refractivity contribution is -0.125. The van der Waals surface area contributed by atoms with Crippen LogP contribution in [0.15, 0.2) is 18.2 Å². The van der Waals surface area contributed by atoms with Crippen LogP contribution in [0, 0.1) is 0 Å². The second-order valence-electron chi connectivity index (χ2n) is 3.94. The van der Waals surface area contributed by atoms with Gasteiger partial charge in [-0.3, -0.25) is 9.59 Å². The zero-order chi connectivity index (χ0) is 12.4. The number of imide groups is 1. The number of rotatable bonds is 3. The highest BCUT2D eigenvalue weighted by Crippen LogP contribution is 2.30. The predicted molar refractivity (Wildman–Crippen MR) is 69.0 cm³/mol. The van der Waals surface area contributed by atoms with E-state index in [1.165, 1.54) is 4.90 Å². The van der Waals surface area contributed by atoms with Gasteiger partial charge in [0.25, 0.3) is 0 Å². The van der Waals surface area contributed by atoms with Gasteiger partial charge >= 0.3 is 0 Å². The fourth-order valence-corrected chi connectivity index (χ4v) is 2.17. The number of fused-ring (bicyclic) bond motifs is 1. The summed E-state index contributed by atoms with van der Waals surface area (Å²) in [6, 6.07) is 5.53. The van der Waals surface area contributed by atoms with E-state index < -0.39 is 0 Å². The van der Waals surface area contributed by atoms with Gasteiger partial charge in [0, 0.05) is 13.0 Å². The minimum absolute atomic E-state index is 0.166. The Bertz CT molecular complexity index is 474. The summed E-state index contributed by atoms with van der Waals surface area (Å²) in [4.78, 5) is 24.9. The number of amides is 2. The molecule has 0 radical (unpaired) electrons. The molecule has 0 saturated heterocycles. The third kappa shape index (κ3) is 2.21. The first kappa shape index (κ1) is 12.1. The van der Waals surface area contributed by atoms with Crippen LogP contribution in [0.4, 0.5) is 5.69 Å². The van der Waals surface area contributed by atoms with E-state index >= 15 is 0 Å². The number of nitrogens with two attached hydrogens (primary N) is 1. The molecule has 1 aromatic rings. The average molecular weight is 250 g/mol. The van der Waals surface area contributed by atoms with Gasteiger partial charge in [0.1, 0.15) is 0 Å². The van der Waals surface area contributed by atoms with Gasteiger partial charge in [-0.25, -0.2) is 4.90 Å². The predicted octanol–water partition coefficient (Wildman–Crippen LogP) is 0.881. The van der Waals surface area contributed by atoms with Crippen LogP contribution in [0.2, 0.25) is 0 Å². The van der Waals surface area contributed by atoms with E-state index in [0.29, 0.717) is 18.0 Å². The van der Waals surface area contributed by atoms with E-state index in [-0.39, 0.29) is 24.7 Å². The van der Waals surface area contributed by atoms with Crippen LogP contribution in [0.3, 0.4) is 0 Å². The number of carbonyl (C=O) groups excluding carboxylic acids is 2. The minimum Gasteiger partial charge on any atom is -0.326 e. The molecule has 2 rings (SSSR count). The first-order chi connectivity index (χ1) is 8.17. The molecule has 0 aliphatic carbocycles. The number of hydrogen-bond acceptors (Lipinski definition) is 4. The second-order valence-corrected chi connectivity index (χ2v) is 4.39. The third-order valence-corrected chi connectivity index (χ3v) is 3.01. The molecule has 0 atom stereocenters. The standard InChI is InChI=1S/C12H14N2O2S/c13-7-8-1-2-10-9(5-8)6-12(16)14(10)11(15)3-4-17/h1-2,5,17H,3-4,6-7,13H2. The van der Waals surface area contributed by atoms with E-state index in [9.17, 15) is 9.59 Å². The zero-order valence-electron chi connectivity index (χ0n) is 9.35. The van der Waals surface area contributed by atoms with Crippen LogP contribution >= 0.6 is 12.6 Å². The van der Waals surface area contributed by atoms with Gasteiger partial charge in [-0.15, -0.1) is 0 Å². The molecular weight excluding hydrogens is 236 g/mol. The molecule has 90 valence electrons. The molecule has 0 fully saturated rings. The summed E-state index contributed by atoms with van der Waals surface area (Å²) in [6.45, 7) is 0.437. The fraction of sp³-hybridized carbons (Fsp3) is 0.333. The molecule has 0 aromatic heterocycles. The number of nitrogens with zero attached hydrogens (tertiary/aromatic N) is 1. The molecule has 0 spiro atoms. The van der Waals surface area contributed by atoms with Crippen molar-refractivity contribution in [3.8, 4) is 0 Å². The van der Waals surface area contributed by atoms with Crippen LogP contribution in [-0.2, 0) is 22.6 Å². The van der Waals surface area contributed by atoms with Crippen molar-refractivity contribution >= 4 is 30.1 Å². The molecule has 0 unspecified atom stereocenters.